The van der Waals surface area contributed by atoms with Crippen molar-refractivity contribution in [2.75, 3.05) is 32.2 Å². The van der Waals surface area contributed by atoms with E-state index < -0.39 is 6.10 Å². The number of hydrogen-bond acceptors (Lipinski definition) is 8. The average molecular weight is 416 g/mol. The Bertz CT molecular complexity index is 1020. The minimum absolute atomic E-state index is 0.299. The molecule has 1 aromatic carbocycles. The van der Waals surface area contributed by atoms with Gasteiger partial charge in [-0.05, 0) is 31.5 Å². The Labute approximate surface area is 173 Å². The molecule has 1 N–H and O–H groups in total. The van der Waals surface area contributed by atoms with Crippen LogP contribution >= 0.6 is 11.3 Å². The standard InChI is InChI=1S/C21H25N3O4S/c1-12-13(2)29-21-19(12)20(22-11-23-21)24-8-7-16(15(25)10-24)28-14-5-6-17(26-3)18(9-14)27-4/h5-6,9,11,15-16,25H,7-8,10H2,1-4H3/t15-,16-/m1/s1. The zero-order valence-corrected chi connectivity index (χ0v) is 17.8. The Morgan fingerprint density at radius 3 is 2.66 bits per heavy atom. The number of aliphatic hydroxyl groups is 1. The number of rotatable bonds is 5. The molecule has 2 atom stereocenters. The van der Waals surface area contributed by atoms with Crippen molar-refractivity contribution in [3.05, 3.63) is 35.0 Å². The van der Waals surface area contributed by atoms with Gasteiger partial charge in [0.15, 0.2) is 11.5 Å². The Balaban J connectivity index is 1.51. The third kappa shape index (κ3) is 3.70. The first-order chi connectivity index (χ1) is 14.0. The van der Waals surface area contributed by atoms with Crippen molar-refractivity contribution in [3.63, 3.8) is 0 Å². The summed E-state index contributed by atoms with van der Waals surface area (Å²) < 4.78 is 16.7. The topological polar surface area (TPSA) is 76.9 Å². The number of benzene rings is 1. The van der Waals surface area contributed by atoms with E-state index in [9.17, 15) is 5.11 Å². The molecule has 0 spiro atoms. The number of methoxy groups -OCH3 is 2. The molecule has 29 heavy (non-hydrogen) atoms. The van der Waals surface area contributed by atoms with Gasteiger partial charge in [0.05, 0.1) is 19.6 Å². The summed E-state index contributed by atoms with van der Waals surface area (Å²) in [5, 5.41) is 11.9. The zero-order chi connectivity index (χ0) is 20.5. The zero-order valence-electron chi connectivity index (χ0n) is 17.0. The molecule has 1 aliphatic rings. The Morgan fingerprint density at radius 1 is 1.14 bits per heavy atom. The molecule has 1 fully saturated rings. The lowest BCUT2D eigenvalue weighted by atomic mass is 10.0. The summed E-state index contributed by atoms with van der Waals surface area (Å²) in [6, 6.07) is 5.41. The van der Waals surface area contributed by atoms with Gasteiger partial charge in [-0.2, -0.15) is 0 Å². The van der Waals surface area contributed by atoms with Crippen molar-refractivity contribution in [2.24, 2.45) is 0 Å². The number of aromatic nitrogens is 2. The van der Waals surface area contributed by atoms with E-state index in [-0.39, 0.29) is 6.10 Å². The number of fused-ring (bicyclic) bond motifs is 1. The van der Waals surface area contributed by atoms with Gasteiger partial charge in [0.25, 0.3) is 0 Å². The summed E-state index contributed by atoms with van der Waals surface area (Å²) in [4.78, 5) is 13.3. The van der Waals surface area contributed by atoms with Crippen molar-refractivity contribution in [1.82, 2.24) is 9.97 Å². The van der Waals surface area contributed by atoms with Crippen LogP contribution < -0.4 is 19.1 Å². The Morgan fingerprint density at radius 2 is 1.93 bits per heavy atom. The monoisotopic (exact) mass is 415 g/mol. The second-order valence-corrected chi connectivity index (χ2v) is 8.34. The number of aliphatic hydroxyl groups excluding tert-OH is 1. The lowest BCUT2D eigenvalue weighted by Gasteiger charge is -2.36. The maximum atomic E-state index is 10.8. The van der Waals surface area contributed by atoms with Gasteiger partial charge in [0, 0.05) is 30.5 Å². The van der Waals surface area contributed by atoms with Crippen molar-refractivity contribution in [2.45, 2.75) is 32.5 Å². The normalized spacial score (nSPS) is 19.4. The first-order valence-corrected chi connectivity index (χ1v) is 10.4. The van der Waals surface area contributed by atoms with Crippen LogP contribution in [0.1, 0.15) is 16.9 Å². The average Bonchev–Trinajstić information content (AvgIpc) is 3.03. The summed E-state index contributed by atoms with van der Waals surface area (Å²) in [7, 11) is 3.18. The summed E-state index contributed by atoms with van der Waals surface area (Å²) >= 11 is 1.68. The largest absolute Gasteiger partial charge is 0.493 e. The molecule has 0 amide bonds. The molecule has 0 radical (unpaired) electrons. The molecule has 0 unspecified atom stereocenters. The summed E-state index contributed by atoms with van der Waals surface area (Å²) in [6.07, 6.45) is 1.35. The molecule has 154 valence electrons. The van der Waals surface area contributed by atoms with Crippen LogP contribution in [0.4, 0.5) is 5.82 Å². The van der Waals surface area contributed by atoms with Crippen LogP contribution in [0.3, 0.4) is 0 Å². The van der Waals surface area contributed by atoms with E-state index in [2.05, 4.69) is 28.7 Å². The van der Waals surface area contributed by atoms with E-state index >= 15 is 0 Å². The Kier molecular flexibility index (Phi) is 5.47. The third-order valence-electron chi connectivity index (χ3n) is 5.41. The highest BCUT2D eigenvalue weighted by Crippen LogP contribution is 2.36. The highest BCUT2D eigenvalue weighted by Gasteiger charge is 2.31. The van der Waals surface area contributed by atoms with Gasteiger partial charge in [-0.1, -0.05) is 0 Å². The van der Waals surface area contributed by atoms with E-state index in [1.807, 2.05) is 6.07 Å². The second-order valence-electron chi connectivity index (χ2n) is 7.14. The van der Waals surface area contributed by atoms with Gasteiger partial charge in [-0.25, -0.2) is 9.97 Å². The predicted octanol–water partition coefficient (Wildman–Crippen LogP) is 3.34. The third-order valence-corrected chi connectivity index (χ3v) is 6.52. The van der Waals surface area contributed by atoms with Gasteiger partial charge in [-0.3, -0.25) is 0 Å². The minimum atomic E-state index is -0.637. The summed E-state index contributed by atoms with van der Waals surface area (Å²) in [6.45, 7) is 5.40. The molecule has 3 aromatic rings. The lowest BCUT2D eigenvalue weighted by molar-refractivity contribution is 0.0240. The number of piperidine rings is 1. The molecular formula is C21H25N3O4S. The van der Waals surface area contributed by atoms with Crippen LogP contribution in [-0.2, 0) is 0 Å². The van der Waals surface area contributed by atoms with Gasteiger partial charge >= 0.3 is 0 Å². The van der Waals surface area contributed by atoms with E-state index in [4.69, 9.17) is 14.2 Å². The molecule has 3 heterocycles. The number of anilines is 1. The van der Waals surface area contributed by atoms with Crippen LogP contribution in [0.2, 0.25) is 0 Å². The molecule has 0 saturated carbocycles. The van der Waals surface area contributed by atoms with Crippen molar-refractivity contribution in [3.8, 4) is 17.2 Å². The van der Waals surface area contributed by atoms with Crippen LogP contribution in [0.25, 0.3) is 10.2 Å². The molecule has 7 nitrogen and oxygen atoms in total. The van der Waals surface area contributed by atoms with E-state index in [1.165, 1.54) is 10.4 Å². The van der Waals surface area contributed by atoms with Crippen LogP contribution in [0.15, 0.2) is 24.5 Å². The fourth-order valence-electron chi connectivity index (χ4n) is 3.71. The molecule has 1 aliphatic heterocycles. The van der Waals surface area contributed by atoms with Crippen molar-refractivity contribution >= 4 is 27.4 Å². The SMILES string of the molecule is COc1ccc(O[C@@H]2CCN(c3ncnc4sc(C)c(C)c34)C[C@H]2O)cc1OC. The smallest absolute Gasteiger partial charge is 0.164 e. The van der Waals surface area contributed by atoms with Gasteiger partial charge in [0.1, 0.15) is 34.9 Å². The first-order valence-electron chi connectivity index (χ1n) is 9.54. The fraction of sp³-hybridized carbons (Fsp3) is 0.429. The molecule has 2 aromatic heterocycles. The Hall–Kier alpha value is -2.58. The van der Waals surface area contributed by atoms with Crippen LogP contribution in [-0.4, -0.2) is 54.6 Å². The summed E-state index contributed by atoms with van der Waals surface area (Å²) in [5.41, 5.74) is 1.21. The van der Waals surface area contributed by atoms with E-state index in [0.29, 0.717) is 30.2 Å². The maximum absolute atomic E-state index is 10.8. The number of β-amino-alcohol motifs (C(OH)–C–C–N with tert-alkyl or cyclic N) is 1. The van der Waals surface area contributed by atoms with E-state index in [0.717, 1.165) is 22.6 Å². The van der Waals surface area contributed by atoms with E-state index in [1.54, 1.807) is 44.0 Å². The maximum Gasteiger partial charge on any atom is 0.164 e. The fourth-order valence-corrected chi connectivity index (χ4v) is 4.70. The predicted molar refractivity (Wildman–Crippen MR) is 114 cm³/mol. The molecule has 1 saturated heterocycles. The second kappa shape index (κ2) is 8.04. The molecule has 0 aliphatic carbocycles. The van der Waals surface area contributed by atoms with Crippen LogP contribution in [0.5, 0.6) is 17.2 Å². The van der Waals surface area contributed by atoms with Gasteiger partial charge in [0.2, 0.25) is 0 Å². The number of ether oxygens (including phenoxy) is 3. The summed E-state index contributed by atoms with van der Waals surface area (Å²) in [5.74, 6) is 2.78. The first kappa shape index (κ1) is 19.7. The van der Waals surface area contributed by atoms with Gasteiger partial charge < -0.3 is 24.2 Å². The van der Waals surface area contributed by atoms with Gasteiger partial charge in [-0.15, -0.1) is 11.3 Å². The molecule has 0 bridgehead atoms. The molecule has 8 heteroatoms. The highest BCUT2D eigenvalue weighted by atomic mass is 32.1. The number of hydrogen-bond donors (Lipinski definition) is 1. The minimum Gasteiger partial charge on any atom is -0.493 e. The molecule has 4 rings (SSSR count). The molecular weight excluding hydrogens is 390 g/mol. The number of aryl methyl sites for hydroxylation is 2. The van der Waals surface area contributed by atoms with Crippen molar-refractivity contribution in [1.29, 1.82) is 0 Å². The number of thiophene rings is 1. The highest BCUT2D eigenvalue weighted by molar-refractivity contribution is 7.18. The number of nitrogens with zero attached hydrogens (tertiary/aromatic N) is 3. The quantitative estimate of drug-likeness (QED) is 0.685. The van der Waals surface area contributed by atoms with Crippen LogP contribution in [0, 0.1) is 13.8 Å². The van der Waals surface area contributed by atoms with Crippen molar-refractivity contribution < 1.29 is 19.3 Å². The lowest BCUT2D eigenvalue weighted by Crippen LogP contribution is -2.49.